The van der Waals surface area contributed by atoms with Gasteiger partial charge >= 0.3 is 0 Å². The van der Waals surface area contributed by atoms with Gasteiger partial charge in [-0.25, -0.2) is 0 Å². The van der Waals surface area contributed by atoms with Gasteiger partial charge in [-0.2, -0.15) is 0 Å². The monoisotopic (exact) mass is 219 g/mol. The SMILES string of the molecule is CCOCCOCCOCCNC(=N)N. The molecule has 0 spiro atoms. The second kappa shape index (κ2) is 11.2. The molecule has 4 N–H and O–H groups in total. The van der Waals surface area contributed by atoms with Gasteiger partial charge in [-0.3, -0.25) is 5.41 Å². The van der Waals surface area contributed by atoms with E-state index in [4.69, 9.17) is 25.4 Å². The van der Waals surface area contributed by atoms with E-state index in [9.17, 15) is 0 Å². The molecule has 0 aromatic carbocycles. The van der Waals surface area contributed by atoms with Gasteiger partial charge in [0.05, 0.1) is 33.0 Å². The van der Waals surface area contributed by atoms with Crippen molar-refractivity contribution in [3.63, 3.8) is 0 Å². The quantitative estimate of drug-likeness (QED) is 0.263. The van der Waals surface area contributed by atoms with Gasteiger partial charge in [0.15, 0.2) is 5.96 Å². The van der Waals surface area contributed by atoms with E-state index in [0.29, 0.717) is 39.6 Å². The topological polar surface area (TPSA) is 89.6 Å². The molecule has 90 valence electrons. The van der Waals surface area contributed by atoms with Gasteiger partial charge in [0.2, 0.25) is 0 Å². The summed E-state index contributed by atoms with van der Waals surface area (Å²) in [5.74, 6) is -0.0356. The average molecular weight is 219 g/mol. The van der Waals surface area contributed by atoms with Crippen LogP contribution in [0.25, 0.3) is 0 Å². The lowest BCUT2D eigenvalue weighted by Gasteiger charge is -2.06. The summed E-state index contributed by atoms with van der Waals surface area (Å²) < 4.78 is 15.5. The first-order chi connectivity index (χ1) is 7.27. The van der Waals surface area contributed by atoms with Crippen LogP contribution in [0.1, 0.15) is 6.92 Å². The van der Waals surface area contributed by atoms with E-state index >= 15 is 0 Å². The zero-order chi connectivity index (χ0) is 11.4. The van der Waals surface area contributed by atoms with Crippen molar-refractivity contribution in [1.82, 2.24) is 5.32 Å². The van der Waals surface area contributed by atoms with Gasteiger partial charge in [-0.1, -0.05) is 0 Å². The van der Waals surface area contributed by atoms with Gasteiger partial charge in [0.25, 0.3) is 0 Å². The molecule has 0 aromatic heterocycles. The number of nitrogens with one attached hydrogen (secondary N) is 2. The Morgan fingerprint density at radius 1 is 1.07 bits per heavy atom. The number of rotatable bonds is 10. The molecule has 0 bridgehead atoms. The lowest BCUT2D eigenvalue weighted by Crippen LogP contribution is -2.33. The standard InChI is InChI=1S/C9H21N3O3/c1-2-13-5-6-15-8-7-14-4-3-12-9(10)11/h2-8H2,1H3,(H4,10,11,12). The van der Waals surface area contributed by atoms with Crippen molar-refractivity contribution in [2.45, 2.75) is 6.92 Å². The summed E-state index contributed by atoms with van der Waals surface area (Å²) in [6.45, 7) is 6.08. The van der Waals surface area contributed by atoms with E-state index in [2.05, 4.69) is 5.32 Å². The second-order valence-electron chi connectivity index (χ2n) is 2.76. The average Bonchev–Trinajstić information content (AvgIpc) is 2.20. The summed E-state index contributed by atoms with van der Waals surface area (Å²) in [7, 11) is 0. The van der Waals surface area contributed by atoms with Crippen molar-refractivity contribution < 1.29 is 14.2 Å². The first kappa shape index (κ1) is 14.2. The van der Waals surface area contributed by atoms with Crippen molar-refractivity contribution in [3.05, 3.63) is 0 Å². The van der Waals surface area contributed by atoms with Gasteiger partial charge in [0.1, 0.15) is 0 Å². The molecule has 0 saturated heterocycles. The molecule has 0 heterocycles. The summed E-state index contributed by atoms with van der Waals surface area (Å²) >= 11 is 0. The van der Waals surface area contributed by atoms with Gasteiger partial charge < -0.3 is 25.3 Å². The highest BCUT2D eigenvalue weighted by atomic mass is 16.5. The van der Waals surface area contributed by atoms with Crippen LogP contribution in [-0.4, -0.2) is 52.1 Å². The first-order valence-electron chi connectivity index (χ1n) is 5.08. The van der Waals surface area contributed by atoms with Crippen LogP contribution < -0.4 is 11.1 Å². The molecular weight excluding hydrogens is 198 g/mol. The third-order valence-electron chi connectivity index (χ3n) is 1.51. The molecule has 0 fully saturated rings. The normalized spacial score (nSPS) is 10.2. The Morgan fingerprint density at radius 2 is 1.60 bits per heavy atom. The predicted molar refractivity (Wildman–Crippen MR) is 58.0 cm³/mol. The highest BCUT2D eigenvalue weighted by molar-refractivity contribution is 5.74. The Balaban J connectivity index is 2.89. The molecule has 0 radical (unpaired) electrons. The van der Waals surface area contributed by atoms with E-state index < -0.39 is 0 Å². The van der Waals surface area contributed by atoms with Gasteiger partial charge in [0, 0.05) is 13.2 Å². The maximum Gasteiger partial charge on any atom is 0.185 e. The highest BCUT2D eigenvalue weighted by Crippen LogP contribution is 1.80. The summed E-state index contributed by atoms with van der Waals surface area (Å²) in [5.41, 5.74) is 5.08. The van der Waals surface area contributed by atoms with E-state index in [1.165, 1.54) is 0 Å². The van der Waals surface area contributed by atoms with E-state index in [1.807, 2.05) is 6.92 Å². The summed E-state index contributed by atoms with van der Waals surface area (Å²) in [5, 5.41) is 9.52. The van der Waals surface area contributed by atoms with E-state index in [0.717, 1.165) is 6.61 Å². The van der Waals surface area contributed by atoms with Crippen LogP contribution in [0.4, 0.5) is 0 Å². The third-order valence-corrected chi connectivity index (χ3v) is 1.51. The summed E-state index contributed by atoms with van der Waals surface area (Å²) in [4.78, 5) is 0. The zero-order valence-corrected chi connectivity index (χ0v) is 9.25. The molecule has 0 rings (SSSR count). The van der Waals surface area contributed by atoms with Crippen LogP contribution in [0.2, 0.25) is 0 Å². The first-order valence-corrected chi connectivity index (χ1v) is 5.08. The van der Waals surface area contributed by atoms with Crippen LogP contribution in [0.5, 0.6) is 0 Å². The Bertz CT molecular complexity index is 156. The molecule has 0 aliphatic carbocycles. The number of guanidine groups is 1. The fraction of sp³-hybridized carbons (Fsp3) is 0.889. The Hall–Kier alpha value is -0.850. The number of hydrogen-bond donors (Lipinski definition) is 3. The van der Waals surface area contributed by atoms with Crippen LogP contribution in [-0.2, 0) is 14.2 Å². The third kappa shape index (κ3) is 13.2. The molecule has 0 aliphatic rings. The molecule has 0 aliphatic heterocycles. The number of nitrogens with two attached hydrogens (primary N) is 1. The largest absolute Gasteiger partial charge is 0.379 e. The zero-order valence-electron chi connectivity index (χ0n) is 9.25. The maximum absolute atomic E-state index is 6.88. The molecule has 0 amide bonds. The van der Waals surface area contributed by atoms with Crippen molar-refractivity contribution in [1.29, 1.82) is 5.41 Å². The lowest BCUT2D eigenvalue weighted by atomic mass is 10.6. The molecule has 6 heteroatoms. The second-order valence-corrected chi connectivity index (χ2v) is 2.76. The van der Waals surface area contributed by atoms with Crippen molar-refractivity contribution in [2.24, 2.45) is 5.73 Å². The maximum atomic E-state index is 6.88. The fourth-order valence-corrected chi connectivity index (χ4v) is 0.842. The molecule has 0 aromatic rings. The molecule has 15 heavy (non-hydrogen) atoms. The molecule has 0 unspecified atom stereocenters. The lowest BCUT2D eigenvalue weighted by molar-refractivity contribution is 0.0180. The number of hydrogen-bond acceptors (Lipinski definition) is 4. The Morgan fingerprint density at radius 3 is 2.13 bits per heavy atom. The van der Waals surface area contributed by atoms with Crippen LogP contribution in [0, 0.1) is 5.41 Å². The molecular formula is C9H21N3O3. The van der Waals surface area contributed by atoms with Crippen molar-refractivity contribution in [3.8, 4) is 0 Å². The minimum atomic E-state index is -0.0356. The van der Waals surface area contributed by atoms with E-state index in [-0.39, 0.29) is 5.96 Å². The Labute approximate surface area is 90.6 Å². The summed E-state index contributed by atoms with van der Waals surface area (Å²) in [6.07, 6.45) is 0. The predicted octanol–water partition coefficient (Wildman–Crippen LogP) is -0.461. The fourth-order valence-electron chi connectivity index (χ4n) is 0.842. The van der Waals surface area contributed by atoms with Gasteiger partial charge in [-0.05, 0) is 6.92 Å². The van der Waals surface area contributed by atoms with Crippen LogP contribution in [0.3, 0.4) is 0 Å². The van der Waals surface area contributed by atoms with Crippen LogP contribution >= 0.6 is 0 Å². The summed E-state index contributed by atoms with van der Waals surface area (Å²) in [6, 6.07) is 0. The molecule has 0 saturated carbocycles. The number of ether oxygens (including phenoxy) is 3. The van der Waals surface area contributed by atoms with Crippen molar-refractivity contribution in [2.75, 3.05) is 46.2 Å². The smallest absolute Gasteiger partial charge is 0.185 e. The Kier molecular flexibility index (Phi) is 10.6. The highest BCUT2D eigenvalue weighted by Gasteiger charge is 1.91. The minimum Gasteiger partial charge on any atom is -0.379 e. The van der Waals surface area contributed by atoms with Crippen molar-refractivity contribution >= 4 is 5.96 Å². The van der Waals surface area contributed by atoms with Gasteiger partial charge in [-0.15, -0.1) is 0 Å². The molecule has 0 atom stereocenters. The minimum absolute atomic E-state index is 0.0356. The van der Waals surface area contributed by atoms with E-state index in [1.54, 1.807) is 0 Å². The van der Waals surface area contributed by atoms with Crippen LogP contribution in [0.15, 0.2) is 0 Å². The molecule has 6 nitrogen and oxygen atoms in total.